The number of carboxylic acids is 1. The maximum Gasteiger partial charge on any atom is 0.330 e. The first kappa shape index (κ1) is 16.3. The Morgan fingerprint density at radius 3 is 2.86 bits per heavy atom. The van der Waals surface area contributed by atoms with E-state index in [0.29, 0.717) is 18.6 Å². The van der Waals surface area contributed by atoms with Crippen LogP contribution in [0.25, 0.3) is 0 Å². The van der Waals surface area contributed by atoms with Crippen LogP contribution >= 0.6 is 0 Å². The van der Waals surface area contributed by atoms with Crippen molar-refractivity contribution in [2.75, 3.05) is 6.61 Å². The third-order valence-corrected chi connectivity index (χ3v) is 3.91. The smallest absolute Gasteiger partial charge is 0.330 e. The van der Waals surface area contributed by atoms with Crippen molar-refractivity contribution in [1.82, 2.24) is 5.32 Å². The fraction of sp³-hybridized carbons (Fsp3) is 0.529. The van der Waals surface area contributed by atoms with E-state index in [4.69, 9.17) is 4.74 Å². The summed E-state index contributed by atoms with van der Waals surface area (Å²) < 4.78 is 5.42. The van der Waals surface area contributed by atoms with Crippen LogP contribution in [0.2, 0.25) is 0 Å². The number of carbonyl (C=O) groups is 2. The lowest BCUT2D eigenvalue weighted by Crippen LogP contribution is -2.34. The van der Waals surface area contributed by atoms with Gasteiger partial charge in [0.2, 0.25) is 5.91 Å². The number of hydrogen-bond donors (Lipinski definition) is 2. The van der Waals surface area contributed by atoms with E-state index < -0.39 is 12.0 Å². The number of fused-ring (bicyclic) bond motifs is 1. The van der Waals surface area contributed by atoms with Crippen LogP contribution in [0.3, 0.4) is 0 Å². The van der Waals surface area contributed by atoms with Gasteiger partial charge in [-0.2, -0.15) is 0 Å². The summed E-state index contributed by atoms with van der Waals surface area (Å²) in [4.78, 5) is 23.6. The van der Waals surface area contributed by atoms with Crippen molar-refractivity contribution in [3.8, 4) is 5.75 Å². The summed E-state index contributed by atoms with van der Waals surface area (Å²) in [6.45, 7) is 4.70. The maximum atomic E-state index is 12.1. The van der Waals surface area contributed by atoms with E-state index in [1.165, 1.54) is 0 Å². The molecule has 0 radical (unpaired) electrons. The average Bonchev–Trinajstić information content (AvgIpc) is 2.91. The minimum Gasteiger partial charge on any atom is -0.493 e. The Hall–Kier alpha value is -2.04. The molecule has 5 heteroatoms. The second-order valence-corrected chi connectivity index (χ2v) is 5.90. The molecule has 0 saturated heterocycles. The molecule has 2 unspecified atom stereocenters. The lowest BCUT2D eigenvalue weighted by Gasteiger charge is -2.17. The quantitative estimate of drug-likeness (QED) is 0.812. The molecule has 22 heavy (non-hydrogen) atoms. The van der Waals surface area contributed by atoms with Crippen LogP contribution in [0.4, 0.5) is 0 Å². The highest BCUT2D eigenvalue weighted by Crippen LogP contribution is 2.28. The van der Waals surface area contributed by atoms with Gasteiger partial charge >= 0.3 is 5.97 Å². The number of hydrogen-bond acceptors (Lipinski definition) is 3. The van der Waals surface area contributed by atoms with Crippen molar-refractivity contribution in [1.29, 1.82) is 0 Å². The SMILES string of the molecule is CCCC(C)CC(=O)NC(C(=O)O)c1ccc2c(c1)CCO2. The number of amides is 1. The molecule has 0 fully saturated rings. The van der Waals surface area contributed by atoms with Crippen LogP contribution in [0, 0.1) is 5.92 Å². The first-order valence-electron chi connectivity index (χ1n) is 7.79. The van der Waals surface area contributed by atoms with Crippen molar-refractivity contribution < 1.29 is 19.4 Å². The lowest BCUT2D eigenvalue weighted by atomic mass is 10.00. The molecule has 0 aliphatic carbocycles. The van der Waals surface area contributed by atoms with E-state index in [0.717, 1.165) is 30.6 Å². The highest BCUT2D eigenvalue weighted by Gasteiger charge is 2.24. The first-order valence-corrected chi connectivity index (χ1v) is 7.79. The highest BCUT2D eigenvalue weighted by atomic mass is 16.5. The molecule has 1 heterocycles. The molecule has 2 rings (SSSR count). The fourth-order valence-corrected chi connectivity index (χ4v) is 2.80. The van der Waals surface area contributed by atoms with Crippen LogP contribution in [0.15, 0.2) is 18.2 Å². The van der Waals surface area contributed by atoms with Crippen molar-refractivity contribution in [3.05, 3.63) is 29.3 Å². The van der Waals surface area contributed by atoms with Gasteiger partial charge in [-0.3, -0.25) is 4.79 Å². The third kappa shape index (κ3) is 4.00. The monoisotopic (exact) mass is 305 g/mol. The first-order chi connectivity index (χ1) is 10.5. The van der Waals surface area contributed by atoms with Crippen LogP contribution in [-0.2, 0) is 16.0 Å². The lowest BCUT2D eigenvalue weighted by molar-refractivity contribution is -0.142. The van der Waals surface area contributed by atoms with Crippen LogP contribution in [0.1, 0.15) is 50.3 Å². The van der Waals surface area contributed by atoms with E-state index in [2.05, 4.69) is 12.2 Å². The molecular weight excluding hydrogens is 282 g/mol. The summed E-state index contributed by atoms with van der Waals surface area (Å²) in [7, 11) is 0. The third-order valence-electron chi connectivity index (χ3n) is 3.91. The van der Waals surface area contributed by atoms with Crippen molar-refractivity contribution in [2.24, 2.45) is 5.92 Å². The van der Waals surface area contributed by atoms with Gasteiger partial charge in [-0.05, 0) is 29.2 Å². The molecule has 0 aromatic heterocycles. The molecule has 1 aliphatic rings. The standard InChI is InChI=1S/C17H23NO4/c1-3-4-11(2)9-15(19)18-16(17(20)21)13-5-6-14-12(10-13)7-8-22-14/h5-6,10-11,16H,3-4,7-9H2,1-2H3,(H,18,19)(H,20,21). The Morgan fingerprint density at radius 1 is 1.41 bits per heavy atom. The van der Waals surface area contributed by atoms with Gasteiger partial charge in [-0.25, -0.2) is 4.79 Å². The second-order valence-electron chi connectivity index (χ2n) is 5.90. The molecule has 1 aromatic rings. The number of nitrogens with one attached hydrogen (secondary N) is 1. The van der Waals surface area contributed by atoms with Crippen LogP contribution < -0.4 is 10.1 Å². The molecule has 1 aromatic carbocycles. The van der Waals surface area contributed by atoms with E-state index in [9.17, 15) is 14.7 Å². The van der Waals surface area contributed by atoms with Crippen molar-refractivity contribution in [3.63, 3.8) is 0 Å². The number of carbonyl (C=O) groups excluding carboxylic acids is 1. The van der Waals surface area contributed by atoms with E-state index >= 15 is 0 Å². The second kappa shape index (κ2) is 7.29. The average molecular weight is 305 g/mol. The molecule has 1 aliphatic heterocycles. The number of benzene rings is 1. The zero-order valence-corrected chi connectivity index (χ0v) is 13.1. The summed E-state index contributed by atoms with van der Waals surface area (Å²) in [6.07, 6.45) is 3.10. The minimum absolute atomic E-state index is 0.218. The van der Waals surface area contributed by atoms with Crippen molar-refractivity contribution >= 4 is 11.9 Å². The summed E-state index contributed by atoms with van der Waals surface area (Å²) in [5, 5.41) is 12.0. The number of ether oxygens (including phenoxy) is 1. The zero-order chi connectivity index (χ0) is 16.1. The van der Waals surface area contributed by atoms with Gasteiger partial charge in [-0.15, -0.1) is 0 Å². The summed E-state index contributed by atoms with van der Waals surface area (Å²) in [5.74, 6) is -0.205. The molecule has 5 nitrogen and oxygen atoms in total. The van der Waals surface area contributed by atoms with Gasteiger partial charge in [0.1, 0.15) is 5.75 Å². The molecular formula is C17H23NO4. The number of aliphatic carboxylic acids is 1. The Labute approximate surface area is 130 Å². The van der Waals surface area contributed by atoms with E-state index in [-0.39, 0.29) is 11.8 Å². The van der Waals surface area contributed by atoms with Gasteiger partial charge in [0.05, 0.1) is 6.61 Å². The molecule has 2 N–H and O–H groups in total. The van der Waals surface area contributed by atoms with Gasteiger partial charge < -0.3 is 15.2 Å². The number of rotatable bonds is 7. The Morgan fingerprint density at radius 2 is 2.18 bits per heavy atom. The van der Waals surface area contributed by atoms with Crippen molar-refractivity contribution in [2.45, 2.75) is 45.6 Å². The van der Waals surface area contributed by atoms with Gasteiger partial charge in [0.25, 0.3) is 0 Å². The van der Waals surface area contributed by atoms with Crippen LogP contribution in [-0.4, -0.2) is 23.6 Å². The van der Waals surface area contributed by atoms with Crippen LogP contribution in [0.5, 0.6) is 5.75 Å². The normalized spacial score (nSPS) is 15.5. The summed E-state index contributed by atoms with van der Waals surface area (Å²) >= 11 is 0. The van der Waals surface area contributed by atoms with E-state index in [1.807, 2.05) is 13.0 Å². The molecule has 1 amide bonds. The Balaban J connectivity index is 2.07. The minimum atomic E-state index is -1.05. The Bertz CT molecular complexity index is 556. The molecule has 0 saturated carbocycles. The number of carboxylic acid groups (broad SMARTS) is 1. The Kier molecular flexibility index (Phi) is 5.41. The van der Waals surface area contributed by atoms with E-state index in [1.54, 1.807) is 12.1 Å². The molecule has 0 bridgehead atoms. The predicted molar refractivity (Wildman–Crippen MR) is 82.8 cm³/mol. The molecule has 120 valence electrons. The largest absolute Gasteiger partial charge is 0.493 e. The topological polar surface area (TPSA) is 75.6 Å². The summed E-state index contributed by atoms with van der Waals surface area (Å²) in [6, 6.07) is 4.29. The maximum absolute atomic E-state index is 12.1. The van der Waals surface area contributed by atoms with Gasteiger partial charge in [-0.1, -0.05) is 32.8 Å². The molecule has 0 spiro atoms. The van der Waals surface area contributed by atoms with Gasteiger partial charge in [0, 0.05) is 12.8 Å². The molecule has 2 atom stereocenters. The summed E-state index contributed by atoms with van der Waals surface area (Å²) in [5.41, 5.74) is 1.59. The highest BCUT2D eigenvalue weighted by molar-refractivity contribution is 5.84. The predicted octanol–water partition coefficient (Wildman–Crippen LogP) is 2.69. The van der Waals surface area contributed by atoms with Gasteiger partial charge in [0.15, 0.2) is 6.04 Å². The zero-order valence-electron chi connectivity index (χ0n) is 13.1. The fourth-order valence-electron chi connectivity index (χ4n) is 2.80.